The molecule has 162 valence electrons. The fourth-order valence-electron chi connectivity index (χ4n) is 2.87. The average Bonchev–Trinajstić information content (AvgIpc) is 2.65. The Balaban J connectivity index is 1.98. The minimum atomic E-state index is -1.35. The van der Waals surface area contributed by atoms with Gasteiger partial charge >= 0.3 is 5.97 Å². The van der Waals surface area contributed by atoms with Crippen LogP contribution in [0, 0.1) is 0 Å². The number of nitrogens with zero attached hydrogens (tertiary/aromatic N) is 1. The van der Waals surface area contributed by atoms with E-state index in [4.69, 9.17) is 4.74 Å². The van der Waals surface area contributed by atoms with E-state index in [1.807, 2.05) is 0 Å². The number of nitrogens with one attached hydrogen (secondary N) is 1. The van der Waals surface area contributed by atoms with Gasteiger partial charge in [0.15, 0.2) is 17.4 Å². The Morgan fingerprint density at radius 3 is 2.63 bits per heavy atom. The number of ether oxygens (including phenoxy) is 1. The summed E-state index contributed by atoms with van der Waals surface area (Å²) < 4.78 is 5.27. The van der Waals surface area contributed by atoms with Crippen molar-refractivity contribution in [1.82, 2.24) is 10.2 Å². The second kappa shape index (κ2) is 10.2. The van der Waals surface area contributed by atoms with Gasteiger partial charge in [-0.2, -0.15) is 0 Å². The number of Topliss-reactive ketones (excluding diaryl/α,β-unsaturated/α-hetero) is 1. The van der Waals surface area contributed by atoms with E-state index < -0.39 is 35.3 Å². The fourth-order valence-corrected chi connectivity index (χ4v) is 3.67. The second-order valence-corrected chi connectivity index (χ2v) is 9.15. The number of ketones is 1. The molecule has 2 atom stereocenters. The van der Waals surface area contributed by atoms with Crippen LogP contribution in [-0.2, 0) is 35.1 Å². The maximum absolute atomic E-state index is 12.5. The summed E-state index contributed by atoms with van der Waals surface area (Å²) in [4.78, 5) is 61.9. The molecule has 0 aliphatic carbocycles. The van der Waals surface area contributed by atoms with E-state index in [0.29, 0.717) is 11.2 Å². The maximum Gasteiger partial charge on any atom is 0.337 e. The average molecular weight is 499 g/mol. The summed E-state index contributed by atoms with van der Waals surface area (Å²) in [5.41, 5.74) is 0.597. The molecule has 0 saturated carbocycles. The highest BCUT2D eigenvalue weighted by molar-refractivity contribution is 9.09. The number of carbonyl (C=O) groups excluding carboxylic acids is 5. The van der Waals surface area contributed by atoms with Crippen LogP contribution in [0.2, 0.25) is 0 Å². The summed E-state index contributed by atoms with van der Waals surface area (Å²) in [6.07, 6.45) is 0.0346. The van der Waals surface area contributed by atoms with Gasteiger partial charge in [0.25, 0.3) is 0 Å². The van der Waals surface area contributed by atoms with E-state index in [1.54, 1.807) is 45.0 Å². The highest BCUT2D eigenvalue weighted by Gasteiger charge is 2.48. The molecule has 2 unspecified atom stereocenters. The van der Waals surface area contributed by atoms with Crippen LogP contribution < -0.4 is 5.32 Å². The normalized spacial score (nSPS) is 17.0. The Morgan fingerprint density at radius 1 is 1.37 bits per heavy atom. The van der Waals surface area contributed by atoms with Crippen LogP contribution in [0.5, 0.6) is 0 Å². The summed E-state index contributed by atoms with van der Waals surface area (Å²) in [6, 6.07) is 4.81. The molecule has 1 aliphatic heterocycles. The van der Waals surface area contributed by atoms with Gasteiger partial charge < -0.3 is 15.0 Å². The zero-order valence-corrected chi connectivity index (χ0v) is 19.2. The molecule has 2 amide bonds. The number of hydrogen-bond donors (Lipinski definition) is 1. The Kier molecular flexibility index (Phi) is 8.19. The molecule has 2 rings (SSSR count). The zero-order valence-electron chi connectivity index (χ0n) is 16.8. The van der Waals surface area contributed by atoms with Gasteiger partial charge in [0.1, 0.15) is 11.6 Å². The minimum Gasteiger partial charge on any atom is -0.458 e. The molecular formula is C20H23BrN2O6S. The standard InChI is InChI=1S/C20H23BrN2O6S/c1-20(2,3)29-19(28)17(15(25)9-21)23-10-14(18(23)27)22-16(26)8-12-5-4-6-13(7-12)30-11-24/h4-7,11,14,17H,8-10H2,1-3H3,(H,22,26). The summed E-state index contributed by atoms with van der Waals surface area (Å²) >= 11 is 4.03. The second-order valence-electron chi connectivity index (χ2n) is 7.68. The van der Waals surface area contributed by atoms with Crippen molar-refractivity contribution in [3.8, 4) is 0 Å². The van der Waals surface area contributed by atoms with Crippen LogP contribution in [0.3, 0.4) is 0 Å². The van der Waals surface area contributed by atoms with Crippen molar-refractivity contribution >= 4 is 56.9 Å². The molecule has 1 fully saturated rings. The quantitative estimate of drug-likeness (QED) is 0.137. The number of alkyl halides is 1. The number of rotatable bonds is 9. The smallest absolute Gasteiger partial charge is 0.337 e. The van der Waals surface area contributed by atoms with Gasteiger partial charge in [-0.25, -0.2) is 4.79 Å². The number of hydrogen-bond acceptors (Lipinski definition) is 7. The SMILES string of the molecule is CC(C)(C)OC(=O)C(C(=O)CBr)N1CC(NC(=O)Cc2cccc(SC=O)c2)C1=O. The number of β-lactam (4-membered cyclic amide) rings is 1. The molecule has 8 nitrogen and oxygen atoms in total. The molecule has 10 heteroatoms. The number of benzene rings is 1. The van der Waals surface area contributed by atoms with Crippen molar-refractivity contribution in [2.24, 2.45) is 0 Å². The molecule has 1 saturated heterocycles. The molecule has 1 aliphatic rings. The van der Waals surface area contributed by atoms with Gasteiger partial charge in [-0.05, 0) is 38.5 Å². The zero-order chi connectivity index (χ0) is 22.5. The van der Waals surface area contributed by atoms with E-state index in [2.05, 4.69) is 21.2 Å². The largest absolute Gasteiger partial charge is 0.458 e. The number of halogens is 1. The maximum atomic E-state index is 12.5. The number of amides is 2. The Morgan fingerprint density at radius 2 is 2.07 bits per heavy atom. The lowest BCUT2D eigenvalue weighted by atomic mass is 10.0. The van der Waals surface area contributed by atoms with Crippen molar-refractivity contribution in [3.63, 3.8) is 0 Å². The number of carbonyl (C=O) groups is 5. The highest BCUT2D eigenvalue weighted by atomic mass is 79.9. The van der Waals surface area contributed by atoms with E-state index >= 15 is 0 Å². The monoisotopic (exact) mass is 498 g/mol. The third kappa shape index (κ3) is 6.40. The molecule has 0 aromatic heterocycles. The summed E-state index contributed by atoms with van der Waals surface area (Å²) in [5, 5.41) is 2.51. The number of esters is 1. The summed E-state index contributed by atoms with van der Waals surface area (Å²) in [7, 11) is 0. The van der Waals surface area contributed by atoms with Crippen LogP contribution in [0.1, 0.15) is 26.3 Å². The van der Waals surface area contributed by atoms with Gasteiger partial charge in [-0.1, -0.05) is 39.8 Å². The molecule has 0 spiro atoms. The first-order valence-electron chi connectivity index (χ1n) is 9.16. The molecule has 1 N–H and O–H groups in total. The Labute approximate surface area is 187 Å². The van der Waals surface area contributed by atoms with Crippen LogP contribution in [0.25, 0.3) is 0 Å². The molecule has 1 aromatic carbocycles. The van der Waals surface area contributed by atoms with Gasteiger partial charge in [0.2, 0.25) is 11.8 Å². The third-order valence-corrected chi connectivity index (χ3v) is 5.30. The number of thioether (sulfide) groups is 1. The van der Waals surface area contributed by atoms with Gasteiger partial charge in [-0.15, -0.1) is 0 Å². The van der Waals surface area contributed by atoms with Crippen molar-refractivity contribution in [2.45, 2.75) is 49.8 Å². The first-order chi connectivity index (χ1) is 14.1. The Bertz CT molecular complexity index is 854. The topological polar surface area (TPSA) is 110 Å². The predicted octanol–water partition coefficient (Wildman–Crippen LogP) is 1.51. The van der Waals surface area contributed by atoms with E-state index in [-0.39, 0.29) is 24.2 Å². The number of likely N-dealkylation sites (tertiary alicyclic amines) is 1. The minimum absolute atomic E-state index is 0.0346. The first-order valence-corrected chi connectivity index (χ1v) is 11.2. The lowest BCUT2D eigenvalue weighted by Crippen LogP contribution is -2.69. The molecule has 30 heavy (non-hydrogen) atoms. The molecule has 1 aromatic rings. The predicted molar refractivity (Wildman–Crippen MR) is 115 cm³/mol. The van der Waals surface area contributed by atoms with Crippen LogP contribution in [0.4, 0.5) is 0 Å². The van der Waals surface area contributed by atoms with E-state index in [1.165, 1.54) is 0 Å². The summed E-state index contributed by atoms with van der Waals surface area (Å²) in [5.74, 6) is -2.18. The van der Waals surface area contributed by atoms with Crippen LogP contribution >= 0.6 is 27.7 Å². The van der Waals surface area contributed by atoms with Crippen molar-refractivity contribution in [1.29, 1.82) is 0 Å². The van der Waals surface area contributed by atoms with E-state index in [9.17, 15) is 24.0 Å². The third-order valence-electron chi connectivity index (χ3n) is 4.12. The molecule has 0 radical (unpaired) electrons. The summed E-state index contributed by atoms with van der Waals surface area (Å²) in [6.45, 7) is 5.05. The Hall–Kier alpha value is -2.20. The van der Waals surface area contributed by atoms with Crippen LogP contribution in [-0.4, -0.2) is 63.6 Å². The van der Waals surface area contributed by atoms with E-state index in [0.717, 1.165) is 21.6 Å². The highest BCUT2D eigenvalue weighted by Crippen LogP contribution is 2.21. The first kappa shape index (κ1) is 24.1. The van der Waals surface area contributed by atoms with Crippen molar-refractivity contribution < 1.29 is 28.7 Å². The lowest BCUT2D eigenvalue weighted by molar-refractivity contribution is -0.172. The van der Waals surface area contributed by atoms with Crippen molar-refractivity contribution in [2.75, 3.05) is 11.9 Å². The van der Waals surface area contributed by atoms with Gasteiger partial charge in [0.05, 0.1) is 18.3 Å². The molecule has 0 bridgehead atoms. The van der Waals surface area contributed by atoms with Crippen LogP contribution in [0.15, 0.2) is 29.2 Å². The lowest BCUT2D eigenvalue weighted by Gasteiger charge is -2.42. The van der Waals surface area contributed by atoms with Crippen molar-refractivity contribution in [3.05, 3.63) is 29.8 Å². The molecular weight excluding hydrogens is 476 g/mol. The molecule has 1 heterocycles. The fraction of sp³-hybridized carbons (Fsp3) is 0.450. The van der Waals surface area contributed by atoms with Gasteiger partial charge in [0, 0.05) is 4.90 Å². The van der Waals surface area contributed by atoms with Gasteiger partial charge in [-0.3, -0.25) is 19.2 Å².